The molecule has 2 rings (SSSR count). The molecule has 2 aromatic rings. The molecule has 0 fully saturated rings. The van der Waals surface area contributed by atoms with Gasteiger partial charge in [-0.2, -0.15) is 0 Å². The van der Waals surface area contributed by atoms with Gasteiger partial charge in [0.15, 0.2) is 0 Å². The van der Waals surface area contributed by atoms with Crippen molar-refractivity contribution in [3.05, 3.63) is 47.3 Å². The second-order valence-electron chi connectivity index (χ2n) is 4.04. The molecule has 2 N–H and O–H groups in total. The highest BCUT2D eigenvalue weighted by Gasteiger charge is 2.04. The lowest BCUT2D eigenvalue weighted by molar-refractivity contribution is 0.268. The fourth-order valence-corrected chi connectivity index (χ4v) is 1.62. The number of benzene rings is 1. The van der Waals surface area contributed by atoms with Crippen molar-refractivity contribution >= 4 is 0 Å². The van der Waals surface area contributed by atoms with Crippen LogP contribution in [0.4, 0.5) is 8.78 Å². The Labute approximate surface area is 108 Å². The molecule has 0 aliphatic rings. The second kappa shape index (κ2) is 6.35. The first-order chi connectivity index (χ1) is 9.19. The average Bonchev–Trinajstić information content (AvgIpc) is 2.80. The zero-order valence-corrected chi connectivity index (χ0v) is 10.2. The van der Waals surface area contributed by atoms with Crippen LogP contribution in [0.25, 0.3) is 0 Å². The van der Waals surface area contributed by atoms with Crippen LogP contribution < -0.4 is 5.32 Å². The molecule has 0 amide bonds. The lowest BCUT2D eigenvalue weighted by Gasteiger charge is -2.04. The van der Waals surface area contributed by atoms with Crippen molar-refractivity contribution in [3.8, 4) is 0 Å². The van der Waals surface area contributed by atoms with Crippen molar-refractivity contribution in [3.63, 3.8) is 0 Å². The smallest absolute Gasteiger partial charge is 0.130 e. The Morgan fingerprint density at radius 3 is 2.84 bits per heavy atom. The molecule has 1 aromatic heterocycles. The number of hydrogen-bond donors (Lipinski definition) is 2. The van der Waals surface area contributed by atoms with E-state index in [9.17, 15) is 8.78 Å². The molecule has 19 heavy (non-hydrogen) atoms. The highest BCUT2D eigenvalue weighted by molar-refractivity contribution is 5.18. The summed E-state index contributed by atoms with van der Waals surface area (Å²) < 4.78 is 27.6. The van der Waals surface area contributed by atoms with Gasteiger partial charge in [-0.25, -0.2) is 13.5 Å². The molecule has 0 spiro atoms. The van der Waals surface area contributed by atoms with Crippen molar-refractivity contribution in [1.82, 2.24) is 20.3 Å². The normalized spacial score (nSPS) is 10.9. The Bertz CT molecular complexity index is 544. The molecule has 0 bridgehead atoms. The highest BCUT2D eigenvalue weighted by Crippen LogP contribution is 2.09. The summed E-state index contributed by atoms with van der Waals surface area (Å²) in [5.41, 5.74) is 1.08. The van der Waals surface area contributed by atoms with Crippen LogP contribution in [0.1, 0.15) is 11.3 Å². The van der Waals surface area contributed by atoms with Crippen molar-refractivity contribution < 1.29 is 13.9 Å². The topological polar surface area (TPSA) is 63.0 Å². The first-order valence-electron chi connectivity index (χ1n) is 5.83. The van der Waals surface area contributed by atoms with Gasteiger partial charge in [-0.15, -0.1) is 5.10 Å². The molecular formula is C12H14F2N4O. The van der Waals surface area contributed by atoms with Gasteiger partial charge in [0, 0.05) is 30.9 Å². The third-order valence-corrected chi connectivity index (χ3v) is 2.55. The fraction of sp³-hybridized carbons (Fsp3) is 0.333. The first-order valence-corrected chi connectivity index (χ1v) is 5.83. The van der Waals surface area contributed by atoms with E-state index in [0.717, 1.165) is 6.07 Å². The quantitative estimate of drug-likeness (QED) is 0.815. The monoisotopic (exact) mass is 268 g/mol. The maximum absolute atomic E-state index is 13.3. The summed E-state index contributed by atoms with van der Waals surface area (Å²) in [5, 5.41) is 19.4. The Morgan fingerprint density at radius 2 is 2.11 bits per heavy atom. The molecule has 0 saturated heterocycles. The van der Waals surface area contributed by atoms with E-state index < -0.39 is 11.6 Å². The molecule has 7 heteroatoms. The predicted molar refractivity (Wildman–Crippen MR) is 64.0 cm³/mol. The number of aromatic nitrogens is 3. The van der Waals surface area contributed by atoms with Crippen molar-refractivity contribution in [2.24, 2.45) is 0 Å². The van der Waals surface area contributed by atoms with Gasteiger partial charge >= 0.3 is 0 Å². The zero-order valence-electron chi connectivity index (χ0n) is 10.2. The maximum Gasteiger partial charge on any atom is 0.130 e. The molecule has 0 unspecified atom stereocenters. The lowest BCUT2D eigenvalue weighted by atomic mass is 10.2. The Kier molecular flexibility index (Phi) is 4.53. The molecular weight excluding hydrogens is 254 g/mol. The van der Waals surface area contributed by atoms with Crippen molar-refractivity contribution in [1.29, 1.82) is 0 Å². The Morgan fingerprint density at radius 1 is 1.26 bits per heavy atom. The van der Waals surface area contributed by atoms with Gasteiger partial charge in [-0.05, 0) is 6.07 Å². The van der Waals surface area contributed by atoms with E-state index in [0.29, 0.717) is 24.3 Å². The average molecular weight is 268 g/mol. The minimum Gasteiger partial charge on any atom is -0.394 e. The highest BCUT2D eigenvalue weighted by atomic mass is 19.1. The number of nitrogens with one attached hydrogen (secondary N) is 1. The number of aliphatic hydroxyl groups is 1. The maximum atomic E-state index is 13.3. The summed E-state index contributed by atoms with van der Waals surface area (Å²) in [4.78, 5) is 0. The summed E-state index contributed by atoms with van der Waals surface area (Å²) >= 11 is 0. The van der Waals surface area contributed by atoms with Crippen LogP contribution in [0.15, 0.2) is 24.4 Å². The molecule has 1 aromatic carbocycles. The number of nitrogens with zero attached hydrogens (tertiary/aromatic N) is 3. The summed E-state index contributed by atoms with van der Waals surface area (Å²) in [6, 6.07) is 3.48. The number of halogens is 2. The first kappa shape index (κ1) is 13.6. The van der Waals surface area contributed by atoms with Crippen LogP contribution in [0, 0.1) is 11.6 Å². The number of aliphatic hydroxyl groups excluding tert-OH is 1. The molecule has 0 saturated carbocycles. The third-order valence-electron chi connectivity index (χ3n) is 2.55. The second-order valence-corrected chi connectivity index (χ2v) is 4.04. The summed E-state index contributed by atoms with van der Waals surface area (Å²) in [7, 11) is 0. The molecule has 0 aliphatic carbocycles. The van der Waals surface area contributed by atoms with Gasteiger partial charge < -0.3 is 10.4 Å². The standard InChI is InChI=1S/C12H14F2N4O/c13-10-2-1-9(12(14)5-10)6-15-7-11-8-18(3-4-19)17-16-11/h1-2,5,8,15,19H,3-4,6-7H2. The molecule has 0 aliphatic heterocycles. The van der Waals surface area contributed by atoms with Gasteiger partial charge in [0.05, 0.1) is 18.8 Å². The molecule has 0 radical (unpaired) electrons. The van der Waals surface area contributed by atoms with Gasteiger partial charge in [0.25, 0.3) is 0 Å². The fourth-order valence-electron chi connectivity index (χ4n) is 1.62. The molecule has 1 heterocycles. The largest absolute Gasteiger partial charge is 0.394 e. The van der Waals surface area contributed by atoms with Crippen molar-refractivity contribution in [2.75, 3.05) is 6.61 Å². The van der Waals surface area contributed by atoms with Crippen LogP contribution in [-0.2, 0) is 19.6 Å². The van der Waals surface area contributed by atoms with Crippen molar-refractivity contribution in [2.45, 2.75) is 19.6 Å². The molecule has 102 valence electrons. The zero-order chi connectivity index (χ0) is 13.7. The van der Waals surface area contributed by atoms with E-state index >= 15 is 0 Å². The van der Waals surface area contributed by atoms with Gasteiger partial charge in [-0.3, -0.25) is 0 Å². The van der Waals surface area contributed by atoms with E-state index in [1.807, 2.05) is 0 Å². The Hall–Kier alpha value is -1.86. The Balaban J connectivity index is 1.85. The van der Waals surface area contributed by atoms with Crippen LogP contribution in [-0.4, -0.2) is 26.7 Å². The SMILES string of the molecule is OCCn1cc(CNCc2ccc(F)cc2F)nn1. The van der Waals surface area contributed by atoms with E-state index in [2.05, 4.69) is 15.6 Å². The van der Waals surface area contributed by atoms with E-state index in [4.69, 9.17) is 5.11 Å². The molecule has 0 atom stereocenters. The lowest BCUT2D eigenvalue weighted by Crippen LogP contribution is -2.14. The van der Waals surface area contributed by atoms with Crippen LogP contribution in [0.5, 0.6) is 0 Å². The summed E-state index contributed by atoms with van der Waals surface area (Å²) in [5.74, 6) is -1.16. The van der Waals surface area contributed by atoms with Crippen LogP contribution in [0.3, 0.4) is 0 Å². The summed E-state index contributed by atoms with van der Waals surface area (Å²) in [6.45, 7) is 1.08. The van der Waals surface area contributed by atoms with Crippen LogP contribution >= 0.6 is 0 Å². The third kappa shape index (κ3) is 3.80. The van der Waals surface area contributed by atoms with Gasteiger partial charge in [-0.1, -0.05) is 11.3 Å². The van der Waals surface area contributed by atoms with Gasteiger partial charge in [0.2, 0.25) is 0 Å². The summed E-state index contributed by atoms with van der Waals surface area (Å²) in [6.07, 6.45) is 1.70. The van der Waals surface area contributed by atoms with E-state index in [1.165, 1.54) is 16.8 Å². The van der Waals surface area contributed by atoms with Crippen LogP contribution in [0.2, 0.25) is 0 Å². The van der Waals surface area contributed by atoms with E-state index in [1.54, 1.807) is 6.20 Å². The minimum atomic E-state index is -0.590. The number of hydrogen-bond acceptors (Lipinski definition) is 4. The molecule has 5 nitrogen and oxygen atoms in total. The van der Waals surface area contributed by atoms with E-state index in [-0.39, 0.29) is 13.2 Å². The number of rotatable bonds is 6. The van der Waals surface area contributed by atoms with Gasteiger partial charge in [0.1, 0.15) is 11.6 Å². The minimum absolute atomic E-state index is 0.00296. The predicted octanol–water partition coefficient (Wildman–Crippen LogP) is 0.838.